The van der Waals surface area contributed by atoms with Gasteiger partial charge in [0, 0.05) is 30.7 Å². The molecular formula is C19H22ClFN2O2S. The van der Waals surface area contributed by atoms with Gasteiger partial charge >= 0.3 is 0 Å². The molecule has 1 aliphatic rings. The van der Waals surface area contributed by atoms with E-state index in [-0.39, 0.29) is 10.9 Å². The summed E-state index contributed by atoms with van der Waals surface area (Å²) in [6.45, 7) is 4.07. The summed E-state index contributed by atoms with van der Waals surface area (Å²) in [6.07, 6.45) is 1.49. The van der Waals surface area contributed by atoms with Crippen molar-refractivity contribution in [1.29, 1.82) is 0 Å². The Morgan fingerprint density at radius 1 is 1.15 bits per heavy atom. The van der Waals surface area contributed by atoms with Gasteiger partial charge in [0.25, 0.3) is 0 Å². The zero-order valence-corrected chi connectivity index (χ0v) is 16.2. The summed E-state index contributed by atoms with van der Waals surface area (Å²) in [5, 5.41) is 0.720. The van der Waals surface area contributed by atoms with E-state index in [2.05, 4.69) is 9.62 Å². The van der Waals surface area contributed by atoms with Crippen LogP contribution in [-0.4, -0.2) is 32.4 Å². The lowest BCUT2D eigenvalue weighted by Crippen LogP contribution is -2.44. The van der Waals surface area contributed by atoms with Crippen LogP contribution in [0.2, 0.25) is 5.02 Å². The zero-order valence-electron chi connectivity index (χ0n) is 14.6. The largest absolute Gasteiger partial charge is 0.299 e. The fourth-order valence-corrected chi connectivity index (χ4v) is 4.91. The molecule has 0 saturated carbocycles. The second kappa shape index (κ2) is 8.05. The molecule has 0 unspecified atom stereocenters. The van der Waals surface area contributed by atoms with Crippen molar-refractivity contribution in [3.8, 4) is 0 Å². The SMILES string of the molecule is Cc1cc(F)ccc1S(=O)(=O)NC1CCN(Cc2ccc(Cl)cc2)CC1. The number of hydrogen-bond acceptors (Lipinski definition) is 3. The number of likely N-dealkylation sites (tertiary alicyclic amines) is 1. The summed E-state index contributed by atoms with van der Waals surface area (Å²) in [7, 11) is -3.64. The van der Waals surface area contributed by atoms with Crippen molar-refractivity contribution in [2.45, 2.75) is 37.2 Å². The second-order valence-electron chi connectivity index (χ2n) is 6.71. The molecule has 0 spiro atoms. The summed E-state index contributed by atoms with van der Waals surface area (Å²) in [5.74, 6) is -0.433. The monoisotopic (exact) mass is 396 g/mol. The number of halogens is 2. The van der Waals surface area contributed by atoms with Crippen LogP contribution in [0.15, 0.2) is 47.4 Å². The van der Waals surface area contributed by atoms with E-state index in [0.717, 1.165) is 37.5 Å². The number of nitrogens with zero attached hydrogens (tertiary/aromatic N) is 1. The Morgan fingerprint density at radius 2 is 1.81 bits per heavy atom. The smallest absolute Gasteiger partial charge is 0.241 e. The van der Waals surface area contributed by atoms with Gasteiger partial charge in [0.1, 0.15) is 5.82 Å². The van der Waals surface area contributed by atoms with Crippen molar-refractivity contribution in [3.63, 3.8) is 0 Å². The molecule has 26 heavy (non-hydrogen) atoms. The molecule has 2 aromatic carbocycles. The number of benzene rings is 2. The minimum absolute atomic E-state index is 0.106. The molecule has 1 aliphatic heterocycles. The van der Waals surface area contributed by atoms with Crippen LogP contribution >= 0.6 is 11.6 Å². The molecule has 0 amide bonds. The van der Waals surface area contributed by atoms with Gasteiger partial charge in [0.15, 0.2) is 0 Å². The molecule has 1 saturated heterocycles. The van der Waals surface area contributed by atoms with Crippen LogP contribution in [0, 0.1) is 12.7 Å². The predicted octanol–water partition coefficient (Wildman–Crippen LogP) is 3.73. The van der Waals surface area contributed by atoms with E-state index >= 15 is 0 Å². The number of aryl methyl sites for hydroxylation is 1. The van der Waals surface area contributed by atoms with Crippen LogP contribution in [0.4, 0.5) is 4.39 Å². The van der Waals surface area contributed by atoms with Gasteiger partial charge in [-0.1, -0.05) is 23.7 Å². The van der Waals surface area contributed by atoms with Gasteiger partial charge in [-0.2, -0.15) is 0 Å². The molecule has 2 aromatic rings. The topological polar surface area (TPSA) is 49.4 Å². The molecule has 1 heterocycles. The van der Waals surface area contributed by atoms with Crippen molar-refractivity contribution >= 4 is 21.6 Å². The number of hydrogen-bond donors (Lipinski definition) is 1. The van der Waals surface area contributed by atoms with Crippen LogP contribution < -0.4 is 4.72 Å². The van der Waals surface area contributed by atoms with Crippen molar-refractivity contribution in [2.75, 3.05) is 13.1 Å². The van der Waals surface area contributed by atoms with Crippen LogP contribution in [0.25, 0.3) is 0 Å². The third-order valence-corrected chi connectivity index (χ3v) is 6.59. The average molecular weight is 397 g/mol. The van der Waals surface area contributed by atoms with Crippen LogP contribution in [0.3, 0.4) is 0 Å². The first kappa shape index (κ1) is 19.3. The number of sulfonamides is 1. The Balaban J connectivity index is 1.57. The molecule has 3 rings (SSSR count). The highest BCUT2D eigenvalue weighted by atomic mass is 35.5. The van der Waals surface area contributed by atoms with Crippen molar-refractivity contribution < 1.29 is 12.8 Å². The maximum Gasteiger partial charge on any atom is 0.241 e. The maximum absolute atomic E-state index is 13.2. The summed E-state index contributed by atoms with van der Waals surface area (Å²) in [6, 6.07) is 11.4. The molecule has 7 heteroatoms. The number of piperidine rings is 1. The van der Waals surface area contributed by atoms with E-state index < -0.39 is 15.8 Å². The van der Waals surface area contributed by atoms with Gasteiger partial charge in [-0.15, -0.1) is 0 Å². The Bertz CT molecular complexity index is 864. The minimum atomic E-state index is -3.64. The highest BCUT2D eigenvalue weighted by Crippen LogP contribution is 2.20. The molecule has 140 valence electrons. The lowest BCUT2D eigenvalue weighted by atomic mass is 10.1. The molecule has 0 aromatic heterocycles. The molecule has 1 fully saturated rings. The second-order valence-corrected chi connectivity index (χ2v) is 8.83. The zero-order chi connectivity index (χ0) is 18.7. The van der Waals surface area contributed by atoms with Gasteiger partial charge in [-0.05, 0) is 61.2 Å². The molecule has 0 aliphatic carbocycles. The number of rotatable bonds is 5. The third kappa shape index (κ3) is 4.82. The van der Waals surface area contributed by atoms with Crippen LogP contribution in [0.5, 0.6) is 0 Å². The van der Waals surface area contributed by atoms with E-state index in [4.69, 9.17) is 11.6 Å². The van der Waals surface area contributed by atoms with Gasteiger partial charge in [0.05, 0.1) is 4.90 Å². The van der Waals surface area contributed by atoms with Gasteiger partial charge < -0.3 is 0 Å². The third-order valence-electron chi connectivity index (χ3n) is 4.66. The lowest BCUT2D eigenvalue weighted by Gasteiger charge is -2.32. The fraction of sp³-hybridized carbons (Fsp3) is 0.368. The Kier molecular flexibility index (Phi) is 5.97. The van der Waals surface area contributed by atoms with Crippen molar-refractivity contribution in [3.05, 3.63) is 64.4 Å². The number of nitrogens with one attached hydrogen (secondary N) is 1. The highest BCUT2D eigenvalue weighted by Gasteiger charge is 2.25. The summed E-state index contributed by atoms with van der Waals surface area (Å²) in [4.78, 5) is 2.44. The Morgan fingerprint density at radius 3 is 2.42 bits per heavy atom. The Labute approximate surface area is 159 Å². The molecular weight excluding hydrogens is 375 g/mol. The van der Waals surface area contributed by atoms with Gasteiger partial charge in [0.2, 0.25) is 10.0 Å². The van der Waals surface area contributed by atoms with Crippen molar-refractivity contribution in [2.24, 2.45) is 0 Å². The summed E-state index contributed by atoms with van der Waals surface area (Å²) >= 11 is 5.91. The normalized spacial score (nSPS) is 16.7. The first-order valence-corrected chi connectivity index (χ1v) is 10.4. The molecule has 0 bridgehead atoms. The first-order chi connectivity index (χ1) is 12.3. The Hall–Kier alpha value is -1.47. The predicted molar refractivity (Wildman–Crippen MR) is 101 cm³/mol. The van der Waals surface area contributed by atoms with E-state index in [1.165, 1.54) is 23.8 Å². The average Bonchev–Trinajstić information content (AvgIpc) is 2.58. The van der Waals surface area contributed by atoms with Gasteiger partial charge in [-0.25, -0.2) is 17.5 Å². The summed E-state index contributed by atoms with van der Waals surface area (Å²) < 4.78 is 41.1. The highest BCUT2D eigenvalue weighted by molar-refractivity contribution is 7.89. The standard InChI is InChI=1S/C19H22ClFN2O2S/c1-14-12-17(21)6-7-19(14)26(24,25)22-18-8-10-23(11-9-18)13-15-2-4-16(20)5-3-15/h2-7,12,18,22H,8-11,13H2,1H3. The van der Waals surface area contributed by atoms with E-state index in [0.29, 0.717) is 5.56 Å². The molecule has 0 radical (unpaired) electrons. The summed E-state index contributed by atoms with van der Waals surface area (Å²) in [5.41, 5.74) is 1.60. The van der Waals surface area contributed by atoms with E-state index in [1.54, 1.807) is 6.92 Å². The van der Waals surface area contributed by atoms with Crippen LogP contribution in [0.1, 0.15) is 24.0 Å². The van der Waals surface area contributed by atoms with E-state index in [9.17, 15) is 12.8 Å². The van der Waals surface area contributed by atoms with Gasteiger partial charge in [-0.3, -0.25) is 4.90 Å². The molecule has 1 N–H and O–H groups in total. The molecule has 0 atom stereocenters. The first-order valence-electron chi connectivity index (χ1n) is 8.59. The van der Waals surface area contributed by atoms with Crippen molar-refractivity contribution in [1.82, 2.24) is 9.62 Å². The van der Waals surface area contributed by atoms with E-state index in [1.807, 2.05) is 24.3 Å². The fourth-order valence-electron chi connectivity index (χ4n) is 3.25. The van der Waals surface area contributed by atoms with Crippen LogP contribution in [-0.2, 0) is 16.6 Å². The quantitative estimate of drug-likeness (QED) is 0.837. The maximum atomic E-state index is 13.2. The molecule has 4 nitrogen and oxygen atoms in total. The minimum Gasteiger partial charge on any atom is -0.299 e. The lowest BCUT2D eigenvalue weighted by molar-refractivity contribution is 0.200.